The van der Waals surface area contributed by atoms with Crippen molar-refractivity contribution in [1.29, 1.82) is 0 Å². The Hall–Kier alpha value is -6.45. The summed E-state index contributed by atoms with van der Waals surface area (Å²) in [6.45, 7) is 0.0987. The molecule has 45 heavy (non-hydrogen) atoms. The zero-order valence-corrected chi connectivity index (χ0v) is 23.2. The van der Waals surface area contributed by atoms with Gasteiger partial charge in [0.05, 0.1) is 27.9 Å². The quantitative estimate of drug-likeness (QED) is 0.0583. The summed E-state index contributed by atoms with van der Waals surface area (Å²) in [5.41, 5.74) is 0.243. The molecule has 3 aromatic carbocycles. The van der Waals surface area contributed by atoms with Crippen molar-refractivity contribution < 1.29 is 39.9 Å². The number of aromatic hydroxyl groups is 4. The molecule has 0 unspecified atom stereocenters. The van der Waals surface area contributed by atoms with Crippen molar-refractivity contribution in [3.05, 3.63) is 110 Å². The molecule has 6 N–H and O–H groups in total. The van der Waals surface area contributed by atoms with Crippen LogP contribution in [0.15, 0.2) is 73.2 Å². The summed E-state index contributed by atoms with van der Waals surface area (Å²) in [7, 11) is 0. The fourth-order valence-electron chi connectivity index (χ4n) is 4.22. The summed E-state index contributed by atoms with van der Waals surface area (Å²) in [5.74, 6) is -2.62. The summed E-state index contributed by atoms with van der Waals surface area (Å²) < 4.78 is 1.27. The zero-order chi connectivity index (χ0) is 32.7. The molecule has 0 spiro atoms. The van der Waals surface area contributed by atoms with Crippen LogP contribution in [-0.4, -0.2) is 64.2 Å². The van der Waals surface area contributed by atoms with Crippen LogP contribution in [0.3, 0.4) is 0 Å². The molecular weight excluding hydrogens is 592 g/mol. The van der Waals surface area contributed by atoms with E-state index >= 15 is 0 Å². The molecule has 0 fully saturated rings. The number of imidazole rings is 1. The monoisotopic (exact) mass is 618 g/mol. The molecule has 1 heterocycles. The average Bonchev–Trinajstić information content (AvgIpc) is 3.47. The number of amides is 2. The van der Waals surface area contributed by atoms with Crippen molar-refractivity contribution in [2.75, 3.05) is 6.54 Å². The van der Waals surface area contributed by atoms with Crippen LogP contribution in [0.25, 0.3) is 11.8 Å². The molecule has 0 aliphatic carbocycles. The Morgan fingerprint density at radius 3 is 2.29 bits per heavy atom. The SMILES string of the molecule is O=C(/C=C/c1ccc(O)c(O)c1)N[C@@H](Cc1cn(-c2ccc([N+](=O)[O-])cc2[N+](=O)[O-])cn1)C(=O)NCCc1ccc(O)c(O)c1. The predicted octanol–water partition coefficient (Wildman–Crippen LogP) is 2.61. The Morgan fingerprint density at radius 1 is 0.911 bits per heavy atom. The molecule has 0 saturated carbocycles. The lowest BCUT2D eigenvalue weighted by molar-refractivity contribution is -0.394. The highest BCUT2D eigenvalue weighted by Crippen LogP contribution is 2.28. The summed E-state index contributed by atoms with van der Waals surface area (Å²) in [5, 5.41) is 66.3. The van der Waals surface area contributed by atoms with E-state index in [0.29, 0.717) is 11.1 Å². The van der Waals surface area contributed by atoms with Gasteiger partial charge in [-0.05, 0) is 54.0 Å². The first-order valence-corrected chi connectivity index (χ1v) is 13.2. The molecule has 0 aliphatic heterocycles. The Morgan fingerprint density at radius 2 is 1.62 bits per heavy atom. The first-order valence-electron chi connectivity index (χ1n) is 13.2. The molecule has 16 heteroatoms. The second kappa shape index (κ2) is 13.7. The third-order valence-electron chi connectivity index (χ3n) is 6.51. The molecule has 0 saturated heterocycles. The van der Waals surface area contributed by atoms with Gasteiger partial charge in [-0.25, -0.2) is 4.98 Å². The molecule has 1 atom stereocenters. The number of hydrogen-bond acceptors (Lipinski definition) is 11. The molecule has 16 nitrogen and oxygen atoms in total. The highest BCUT2D eigenvalue weighted by Gasteiger charge is 2.24. The van der Waals surface area contributed by atoms with Gasteiger partial charge >= 0.3 is 0 Å². The number of phenolic OH excluding ortho intramolecular Hbond substituents is 4. The maximum absolute atomic E-state index is 13.2. The topological polar surface area (TPSA) is 243 Å². The molecule has 4 aromatic rings. The van der Waals surface area contributed by atoms with Crippen LogP contribution in [0, 0.1) is 20.2 Å². The van der Waals surface area contributed by atoms with E-state index in [1.54, 1.807) is 6.07 Å². The summed E-state index contributed by atoms with van der Waals surface area (Å²) in [6, 6.07) is 10.1. The summed E-state index contributed by atoms with van der Waals surface area (Å²) in [4.78, 5) is 51.3. The number of hydrogen-bond donors (Lipinski definition) is 6. The molecule has 1 aromatic heterocycles. The Balaban J connectivity index is 1.52. The number of carbonyl (C=O) groups is 2. The number of nitrogens with zero attached hydrogens (tertiary/aromatic N) is 4. The van der Waals surface area contributed by atoms with E-state index in [0.717, 1.165) is 18.2 Å². The summed E-state index contributed by atoms with van der Waals surface area (Å²) in [6.07, 6.45) is 5.21. The molecule has 0 bridgehead atoms. The van der Waals surface area contributed by atoms with Crippen LogP contribution < -0.4 is 10.6 Å². The zero-order valence-electron chi connectivity index (χ0n) is 23.2. The van der Waals surface area contributed by atoms with Crippen molar-refractivity contribution in [3.8, 4) is 28.7 Å². The van der Waals surface area contributed by atoms with E-state index in [1.165, 1.54) is 59.6 Å². The van der Waals surface area contributed by atoms with Gasteiger partial charge in [-0.1, -0.05) is 12.1 Å². The fraction of sp³-hybridized carbons (Fsp3) is 0.138. The lowest BCUT2D eigenvalue weighted by Crippen LogP contribution is -2.48. The smallest absolute Gasteiger partial charge is 0.300 e. The first kappa shape index (κ1) is 31.5. The maximum atomic E-state index is 13.2. The Kier molecular flexibility index (Phi) is 9.57. The average molecular weight is 619 g/mol. The van der Waals surface area contributed by atoms with Gasteiger partial charge in [-0.3, -0.25) is 34.4 Å². The van der Waals surface area contributed by atoms with Gasteiger partial charge in [0.25, 0.3) is 11.4 Å². The van der Waals surface area contributed by atoms with E-state index < -0.39 is 39.1 Å². The van der Waals surface area contributed by atoms with E-state index in [9.17, 15) is 50.2 Å². The van der Waals surface area contributed by atoms with E-state index in [2.05, 4.69) is 15.6 Å². The Labute approximate surface area is 253 Å². The summed E-state index contributed by atoms with van der Waals surface area (Å²) >= 11 is 0. The van der Waals surface area contributed by atoms with Gasteiger partial charge in [0, 0.05) is 31.3 Å². The Bertz CT molecular complexity index is 1800. The largest absolute Gasteiger partial charge is 0.504 e. The minimum atomic E-state index is -1.18. The van der Waals surface area contributed by atoms with Crippen LogP contribution in [0.1, 0.15) is 16.8 Å². The maximum Gasteiger partial charge on any atom is 0.300 e. The minimum absolute atomic E-state index is 0.00776. The second-order valence-corrected chi connectivity index (χ2v) is 9.67. The highest BCUT2D eigenvalue weighted by molar-refractivity contribution is 5.95. The highest BCUT2D eigenvalue weighted by atomic mass is 16.6. The van der Waals surface area contributed by atoms with Crippen molar-refractivity contribution in [3.63, 3.8) is 0 Å². The standard InChI is InChI=1S/C29H26N6O10/c36-24-6-1-17(11-26(24)38)3-8-28(40)32-21(29(41)30-10-9-18-2-7-25(37)27(39)12-18)13-19-15-33(16-31-19)22-5-4-20(34(42)43)14-23(22)35(44)45/h1-8,11-12,14-16,21,36-39H,9-10,13H2,(H,30,41)(H,32,40)/b8-3+/t21-/m0/s1. The van der Waals surface area contributed by atoms with E-state index in [-0.39, 0.29) is 53.8 Å². The number of non-ortho nitro benzene ring substituents is 1. The number of rotatable bonds is 12. The van der Waals surface area contributed by atoms with E-state index in [4.69, 9.17) is 0 Å². The number of nitro benzene ring substituents is 2. The number of carbonyl (C=O) groups excluding carboxylic acids is 2. The van der Waals surface area contributed by atoms with Crippen molar-refractivity contribution in [2.45, 2.75) is 18.9 Å². The minimum Gasteiger partial charge on any atom is -0.504 e. The predicted molar refractivity (Wildman–Crippen MR) is 158 cm³/mol. The van der Waals surface area contributed by atoms with Gasteiger partial charge in [-0.2, -0.15) is 0 Å². The van der Waals surface area contributed by atoms with Crippen LogP contribution >= 0.6 is 0 Å². The van der Waals surface area contributed by atoms with Crippen molar-refractivity contribution >= 4 is 29.3 Å². The third kappa shape index (κ3) is 8.10. The molecule has 232 valence electrons. The van der Waals surface area contributed by atoms with Gasteiger partial charge in [0.15, 0.2) is 23.0 Å². The van der Waals surface area contributed by atoms with Crippen LogP contribution in [0.4, 0.5) is 11.4 Å². The molecule has 2 amide bonds. The van der Waals surface area contributed by atoms with Crippen LogP contribution in [0.2, 0.25) is 0 Å². The first-order chi connectivity index (χ1) is 21.4. The lowest BCUT2D eigenvalue weighted by atomic mass is 10.1. The van der Waals surface area contributed by atoms with E-state index in [1.807, 2.05) is 0 Å². The number of aromatic nitrogens is 2. The van der Waals surface area contributed by atoms with Gasteiger partial charge in [0.2, 0.25) is 11.8 Å². The molecule has 4 rings (SSSR count). The second-order valence-electron chi connectivity index (χ2n) is 9.67. The van der Waals surface area contributed by atoms with Crippen molar-refractivity contribution in [2.24, 2.45) is 0 Å². The number of nitro groups is 2. The number of phenols is 4. The van der Waals surface area contributed by atoms with Crippen LogP contribution in [-0.2, 0) is 22.4 Å². The molecule has 0 aliphatic rings. The van der Waals surface area contributed by atoms with Crippen LogP contribution in [0.5, 0.6) is 23.0 Å². The normalized spacial score (nSPS) is 11.6. The third-order valence-corrected chi connectivity index (χ3v) is 6.51. The van der Waals surface area contributed by atoms with Gasteiger partial charge < -0.3 is 31.1 Å². The van der Waals surface area contributed by atoms with Gasteiger partial charge in [-0.15, -0.1) is 0 Å². The molecular formula is C29H26N6O10. The van der Waals surface area contributed by atoms with Gasteiger partial charge in [0.1, 0.15) is 11.7 Å². The number of nitrogens with one attached hydrogen (secondary N) is 2. The molecule has 0 radical (unpaired) electrons. The fourth-order valence-corrected chi connectivity index (χ4v) is 4.22. The number of benzene rings is 3. The lowest BCUT2D eigenvalue weighted by Gasteiger charge is -2.17. The van der Waals surface area contributed by atoms with Crippen molar-refractivity contribution in [1.82, 2.24) is 20.2 Å².